The topological polar surface area (TPSA) is 105 Å². The molecule has 0 saturated heterocycles. The zero-order valence-electron chi connectivity index (χ0n) is 48.2. The van der Waals surface area contributed by atoms with Crippen molar-refractivity contribution < 1.29 is 32.9 Å². The number of phosphoric ester groups is 1. The normalized spacial score (nSPS) is 14.3. The molecule has 9 heteroatoms. The molecular weight excluding hydrogens is 912 g/mol. The molecule has 72 heavy (non-hydrogen) atoms. The highest BCUT2D eigenvalue weighted by Crippen LogP contribution is 2.43. The van der Waals surface area contributed by atoms with Gasteiger partial charge in [-0.3, -0.25) is 13.8 Å². The van der Waals surface area contributed by atoms with Crippen molar-refractivity contribution in [1.82, 2.24) is 5.32 Å². The Morgan fingerprint density at radius 1 is 0.472 bits per heavy atom. The molecule has 3 unspecified atom stereocenters. The van der Waals surface area contributed by atoms with E-state index >= 15 is 0 Å². The lowest BCUT2D eigenvalue weighted by molar-refractivity contribution is -0.870. The highest BCUT2D eigenvalue weighted by Gasteiger charge is 2.27. The minimum absolute atomic E-state index is 0.0528. The van der Waals surface area contributed by atoms with E-state index in [1.165, 1.54) is 212 Å². The zero-order valence-corrected chi connectivity index (χ0v) is 49.1. The van der Waals surface area contributed by atoms with Gasteiger partial charge in [0.1, 0.15) is 13.2 Å². The molecule has 0 fully saturated rings. The second-order valence-electron chi connectivity index (χ2n) is 22.1. The lowest BCUT2D eigenvalue weighted by atomic mass is 10.0. The number of allylic oxidation sites excluding steroid dienone is 9. The third-order valence-electron chi connectivity index (χ3n) is 13.7. The molecule has 3 N–H and O–H groups in total. The zero-order chi connectivity index (χ0) is 52.7. The van der Waals surface area contributed by atoms with Gasteiger partial charge in [0.25, 0.3) is 0 Å². The third-order valence-corrected chi connectivity index (χ3v) is 14.7. The number of hydrogen-bond donors (Lipinski definition) is 3. The predicted octanol–water partition coefficient (Wildman–Crippen LogP) is 18.9. The first-order valence-corrected chi connectivity index (χ1v) is 32.2. The average Bonchev–Trinajstić information content (AvgIpc) is 3.34. The smallest absolute Gasteiger partial charge is 0.387 e. The van der Waals surface area contributed by atoms with Crippen molar-refractivity contribution in [1.29, 1.82) is 0 Å². The van der Waals surface area contributed by atoms with Gasteiger partial charge < -0.3 is 19.8 Å². The van der Waals surface area contributed by atoms with Gasteiger partial charge in [0.2, 0.25) is 5.91 Å². The van der Waals surface area contributed by atoms with E-state index in [9.17, 15) is 19.4 Å². The summed E-state index contributed by atoms with van der Waals surface area (Å²) in [6, 6.07) is -0.871. The molecule has 0 aliphatic heterocycles. The van der Waals surface area contributed by atoms with Gasteiger partial charge in [0.05, 0.1) is 39.9 Å². The second-order valence-corrected chi connectivity index (χ2v) is 23.5. The molecule has 1 amide bonds. The molecule has 0 heterocycles. The summed E-state index contributed by atoms with van der Waals surface area (Å²) >= 11 is 0. The molecule has 0 aliphatic rings. The highest BCUT2D eigenvalue weighted by molar-refractivity contribution is 7.47. The Labute approximate surface area is 447 Å². The van der Waals surface area contributed by atoms with Crippen molar-refractivity contribution in [2.75, 3.05) is 40.9 Å². The van der Waals surface area contributed by atoms with Crippen LogP contribution in [0, 0.1) is 0 Å². The van der Waals surface area contributed by atoms with Crippen molar-refractivity contribution in [2.45, 2.75) is 296 Å². The van der Waals surface area contributed by atoms with Crippen LogP contribution in [-0.2, 0) is 18.4 Å². The predicted molar refractivity (Wildman–Crippen MR) is 314 cm³/mol. The first kappa shape index (κ1) is 70.2. The van der Waals surface area contributed by atoms with Crippen LogP contribution in [0.4, 0.5) is 0 Å². The van der Waals surface area contributed by atoms with Crippen molar-refractivity contribution in [2.24, 2.45) is 0 Å². The molecule has 0 aromatic rings. The number of phosphoric acid groups is 1. The van der Waals surface area contributed by atoms with E-state index in [2.05, 4.69) is 67.8 Å². The number of nitrogens with zero attached hydrogens (tertiary/aromatic N) is 1. The van der Waals surface area contributed by atoms with E-state index in [4.69, 9.17) is 9.05 Å². The first-order valence-electron chi connectivity index (χ1n) is 30.7. The maximum atomic E-state index is 13.0. The molecule has 0 aromatic heterocycles. The van der Waals surface area contributed by atoms with E-state index in [0.29, 0.717) is 17.4 Å². The number of nitrogens with one attached hydrogen (secondary N) is 1. The van der Waals surface area contributed by atoms with Crippen LogP contribution >= 0.6 is 7.82 Å². The molecule has 3 atom stereocenters. The maximum Gasteiger partial charge on any atom is 0.472 e. The molecule has 0 bridgehead atoms. The van der Waals surface area contributed by atoms with E-state index in [1.54, 1.807) is 6.08 Å². The standard InChI is InChI=1S/C63H119N2O6P/c1-6-8-10-12-14-16-18-20-22-23-24-25-26-27-28-29-30-31-32-33-34-35-36-37-38-39-40-41-43-45-47-49-51-53-55-57-63(67)64-61(60-71-72(68,69)70-59-58-65(3,4)5)62(66)56-54-52-50-48-46-44-42-21-19-17-15-13-11-9-7-2/h19,21,26-27,29-30,46,48,54,56,61-62,66H,6-18,20,22-25,28,31-45,47,49-53,55,57-60H2,1-5H3,(H-,64,67,68,69)/p+1/b21-19+,27-26-,30-29-,48-46+,56-54+. The first-order chi connectivity index (χ1) is 35.0. The van der Waals surface area contributed by atoms with Crippen molar-refractivity contribution in [3.8, 4) is 0 Å². The molecule has 0 radical (unpaired) electrons. The number of carbonyl (C=O) groups is 1. The maximum absolute atomic E-state index is 13.0. The fourth-order valence-electron chi connectivity index (χ4n) is 8.87. The molecular formula is C63H120N2O6P+. The van der Waals surface area contributed by atoms with E-state index < -0.39 is 20.0 Å². The quantitative estimate of drug-likeness (QED) is 0.0243. The van der Waals surface area contributed by atoms with E-state index in [1.807, 2.05) is 27.2 Å². The number of rotatable bonds is 56. The Morgan fingerprint density at radius 3 is 1.19 bits per heavy atom. The lowest BCUT2D eigenvalue weighted by Gasteiger charge is -2.25. The van der Waals surface area contributed by atoms with Crippen molar-refractivity contribution in [3.05, 3.63) is 60.8 Å². The molecule has 0 spiro atoms. The van der Waals surface area contributed by atoms with Gasteiger partial charge in [-0.1, -0.05) is 261 Å². The van der Waals surface area contributed by atoms with Gasteiger partial charge in [-0.05, 0) is 77.0 Å². The van der Waals surface area contributed by atoms with Crippen molar-refractivity contribution >= 4 is 13.7 Å². The summed E-state index contributed by atoms with van der Waals surface area (Å²) < 4.78 is 23.7. The summed E-state index contributed by atoms with van der Waals surface area (Å²) in [5, 5.41) is 13.9. The summed E-state index contributed by atoms with van der Waals surface area (Å²) in [7, 11) is 1.55. The lowest BCUT2D eigenvalue weighted by Crippen LogP contribution is -2.45. The van der Waals surface area contributed by atoms with Crippen LogP contribution in [0.5, 0.6) is 0 Å². The van der Waals surface area contributed by atoms with Crippen LogP contribution < -0.4 is 5.32 Å². The number of quaternary nitrogens is 1. The number of carbonyl (C=O) groups excluding carboxylic acids is 1. The van der Waals surface area contributed by atoms with Crippen LogP contribution in [-0.4, -0.2) is 73.4 Å². The summed E-state index contributed by atoms with van der Waals surface area (Å²) in [6.07, 6.45) is 73.5. The Morgan fingerprint density at radius 2 is 0.806 bits per heavy atom. The molecule has 8 nitrogen and oxygen atoms in total. The monoisotopic (exact) mass is 1030 g/mol. The Kier molecular flexibility index (Phi) is 52.7. The van der Waals surface area contributed by atoms with Gasteiger partial charge >= 0.3 is 7.82 Å². The van der Waals surface area contributed by atoms with E-state index in [-0.39, 0.29) is 19.1 Å². The van der Waals surface area contributed by atoms with Gasteiger partial charge in [-0.2, -0.15) is 0 Å². The van der Waals surface area contributed by atoms with Gasteiger partial charge in [0, 0.05) is 6.42 Å². The Bertz CT molecular complexity index is 1360. The SMILES string of the molecule is CCCCCCC/C=C/CC/C=C/CC/C=C/C(O)C(COP(=O)(O)OCC[N+](C)(C)C)NC(=O)CCCCCCCCCCCCCCCCCCC/C=C\C/C=C\CCCCCCCCCCCCC. The van der Waals surface area contributed by atoms with Crippen molar-refractivity contribution in [3.63, 3.8) is 0 Å². The van der Waals surface area contributed by atoms with Crippen LogP contribution in [0.15, 0.2) is 60.8 Å². The third kappa shape index (κ3) is 55.9. The van der Waals surface area contributed by atoms with Crippen LogP contribution in [0.2, 0.25) is 0 Å². The molecule has 0 rings (SSSR count). The van der Waals surface area contributed by atoms with Gasteiger partial charge in [-0.25, -0.2) is 4.57 Å². The molecule has 422 valence electrons. The van der Waals surface area contributed by atoms with Crippen LogP contribution in [0.3, 0.4) is 0 Å². The minimum atomic E-state index is -4.36. The Hall–Kier alpha value is -1.80. The number of likely N-dealkylation sites (N-methyl/N-ethyl adjacent to an activating group) is 1. The van der Waals surface area contributed by atoms with Gasteiger partial charge in [0.15, 0.2) is 0 Å². The number of aliphatic hydroxyl groups is 1. The summed E-state index contributed by atoms with van der Waals surface area (Å²) in [5.41, 5.74) is 0. The minimum Gasteiger partial charge on any atom is -0.387 e. The highest BCUT2D eigenvalue weighted by atomic mass is 31.2. The fourth-order valence-corrected chi connectivity index (χ4v) is 9.61. The Balaban J connectivity index is 4.03. The average molecular weight is 1030 g/mol. The molecule has 0 saturated carbocycles. The number of aliphatic hydroxyl groups excluding tert-OH is 1. The largest absolute Gasteiger partial charge is 0.472 e. The summed E-state index contributed by atoms with van der Waals surface area (Å²) in [4.78, 5) is 23.3. The number of unbranched alkanes of at least 4 members (excludes halogenated alkanes) is 35. The number of hydrogen-bond acceptors (Lipinski definition) is 5. The number of amides is 1. The fraction of sp³-hybridized carbons (Fsp3) is 0.825. The second kappa shape index (κ2) is 54.0. The molecule has 0 aliphatic carbocycles. The van der Waals surface area contributed by atoms with Crippen LogP contribution in [0.1, 0.15) is 284 Å². The van der Waals surface area contributed by atoms with Gasteiger partial charge in [-0.15, -0.1) is 0 Å². The molecule has 0 aromatic carbocycles. The van der Waals surface area contributed by atoms with E-state index in [0.717, 1.165) is 51.4 Å². The van der Waals surface area contributed by atoms with Crippen LogP contribution in [0.25, 0.3) is 0 Å². The summed E-state index contributed by atoms with van der Waals surface area (Å²) in [6.45, 7) is 4.79. The summed E-state index contributed by atoms with van der Waals surface area (Å²) in [5.74, 6) is -0.190.